The molecule has 0 aliphatic rings. The normalized spacial score (nSPS) is 10.5. The second kappa shape index (κ2) is 8.18. The van der Waals surface area contributed by atoms with Gasteiger partial charge < -0.3 is 19.8 Å². The van der Waals surface area contributed by atoms with Gasteiger partial charge in [-0.05, 0) is 12.1 Å². The van der Waals surface area contributed by atoms with Gasteiger partial charge in [-0.3, -0.25) is 4.79 Å². The Morgan fingerprint density at radius 3 is 2.86 bits per heavy atom. The molecule has 0 saturated heterocycles. The van der Waals surface area contributed by atoms with Crippen LogP contribution in [0.1, 0.15) is 11.5 Å². The van der Waals surface area contributed by atoms with E-state index in [2.05, 4.69) is 15.3 Å². The minimum atomic E-state index is -0.180. The zero-order chi connectivity index (χ0) is 14.9. The number of ether oxygens (including phenoxy) is 2. The largest absolute Gasteiger partial charge is 0.486 e. The summed E-state index contributed by atoms with van der Waals surface area (Å²) in [6, 6.07) is 10.9. The molecule has 0 unspecified atom stereocenters. The number of rotatable bonds is 8. The third kappa shape index (κ3) is 5.37. The lowest BCUT2D eigenvalue weighted by molar-refractivity contribution is 0.199. The highest BCUT2D eigenvalue weighted by molar-refractivity contribution is 5.21. The SMILES string of the molecule is COCCNCc1cc(=O)[nH]c(COc2ccccc2)n1. The van der Waals surface area contributed by atoms with E-state index in [0.29, 0.717) is 31.2 Å². The van der Waals surface area contributed by atoms with Gasteiger partial charge in [-0.15, -0.1) is 0 Å². The van der Waals surface area contributed by atoms with E-state index < -0.39 is 0 Å². The monoisotopic (exact) mass is 289 g/mol. The maximum atomic E-state index is 11.6. The lowest BCUT2D eigenvalue weighted by atomic mass is 10.3. The Balaban J connectivity index is 1.93. The summed E-state index contributed by atoms with van der Waals surface area (Å²) in [5, 5.41) is 3.15. The van der Waals surface area contributed by atoms with E-state index in [1.54, 1.807) is 7.11 Å². The first kappa shape index (κ1) is 15.2. The summed E-state index contributed by atoms with van der Waals surface area (Å²) >= 11 is 0. The third-order valence-corrected chi connectivity index (χ3v) is 2.75. The first-order valence-corrected chi connectivity index (χ1v) is 6.74. The van der Waals surface area contributed by atoms with Gasteiger partial charge in [-0.25, -0.2) is 4.98 Å². The summed E-state index contributed by atoms with van der Waals surface area (Å²) in [5.41, 5.74) is 0.502. The molecule has 6 nitrogen and oxygen atoms in total. The van der Waals surface area contributed by atoms with E-state index in [1.165, 1.54) is 6.07 Å². The molecule has 2 aromatic rings. The molecule has 0 amide bonds. The smallest absolute Gasteiger partial charge is 0.251 e. The fourth-order valence-electron chi connectivity index (χ4n) is 1.78. The molecular formula is C15H19N3O3. The molecular weight excluding hydrogens is 270 g/mol. The summed E-state index contributed by atoms with van der Waals surface area (Å²) in [5.74, 6) is 1.25. The molecule has 1 aromatic heterocycles. The Bertz CT molecular complexity index is 599. The van der Waals surface area contributed by atoms with E-state index in [1.807, 2.05) is 30.3 Å². The maximum absolute atomic E-state index is 11.6. The van der Waals surface area contributed by atoms with Crippen LogP contribution in [0, 0.1) is 0 Å². The van der Waals surface area contributed by atoms with Gasteiger partial charge in [-0.1, -0.05) is 18.2 Å². The predicted octanol–water partition coefficient (Wildman–Crippen LogP) is 1.08. The van der Waals surface area contributed by atoms with Crippen molar-refractivity contribution >= 4 is 0 Å². The zero-order valence-corrected chi connectivity index (χ0v) is 12.0. The van der Waals surface area contributed by atoms with Crippen LogP contribution in [0.3, 0.4) is 0 Å². The number of nitrogens with one attached hydrogen (secondary N) is 2. The van der Waals surface area contributed by atoms with Gasteiger partial charge in [0.2, 0.25) is 0 Å². The van der Waals surface area contributed by atoms with Crippen LogP contribution in [0.15, 0.2) is 41.2 Å². The van der Waals surface area contributed by atoms with Gasteiger partial charge in [0, 0.05) is 26.3 Å². The molecule has 21 heavy (non-hydrogen) atoms. The van der Waals surface area contributed by atoms with Crippen molar-refractivity contribution < 1.29 is 9.47 Å². The molecule has 2 rings (SSSR count). The molecule has 0 aliphatic carbocycles. The third-order valence-electron chi connectivity index (χ3n) is 2.75. The van der Waals surface area contributed by atoms with E-state index in [0.717, 1.165) is 5.75 Å². The summed E-state index contributed by atoms with van der Waals surface area (Å²) in [7, 11) is 1.65. The summed E-state index contributed by atoms with van der Waals surface area (Å²) in [6.07, 6.45) is 0. The lowest BCUT2D eigenvalue weighted by Crippen LogP contribution is -2.22. The number of methoxy groups -OCH3 is 1. The molecule has 1 heterocycles. The molecule has 1 aromatic carbocycles. The Kier molecular flexibility index (Phi) is 5.93. The van der Waals surface area contributed by atoms with Crippen molar-refractivity contribution in [2.45, 2.75) is 13.2 Å². The molecule has 0 fully saturated rings. The van der Waals surface area contributed by atoms with Gasteiger partial charge >= 0.3 is 0 Å². The van der Waals surface area contributed by atoms with Gasteiger partial charge in [0.25, 0.3) is 5.56 Å². The van der Waals surface area contributed by atoms with Crippen molar-refractivity contribution in [1.29, 1.82) is 0 Å². The highest BCUT2D eigenvalue weighted by atomic mass is 16.5. The molecule has 2 N–H and O–H groups in total. The van der Waals surface area contributed by atoms with E-state index in [-0.39, 0.29) is 12.2 Å². The number of nitrogens with zero attached hydrogens (tertiary/aromatic N) is 1. The Hall–Kier alpha value is -2.18. The predicted molar refractivity (Wildman–Crippen MR) is 79.2 cm³/mol. The van der Waals surface area contributed by atoms with Crippen molar-refractivity contribution in [2.75, 3.05) is 20.3 Å². The molecule has 0 bridgehead atoms. The average Bonchev–Trinajstić information content (AvgIpc) is 2.50. The van der Waals surface area contributed by atoms with Gasteiger partial charge in [-0.2, -0.15) is 0 Å². The molecule has 6 heteroatoms. The second-order valence-corrected chi connectivity index (χ2v) is 4.45. The number of H-pyrrole nitrogens is 1. The van der Waals surface area contributed by atoms with E-state index >= 15 is 0 Å². The maximum Gasteiger partial charge on any atom is 0.251 e. The van der Waals surface area contributed by atoms with Crippen LogP contribution in [-0.4, -0.2) is 30.2 Å². The highest BCUT2D eigenvalue weighted by Gasteiger charge is 2.02. The first-order chi connectivity index (χ1) is 10.3. The fraction of sp³-hybridized carbons (Fsp3) is 0.333. The van der Waals surface area contributed by atoms with Crippen molar-refractivity contribution in [2.24, 2.45) is 0 Å². The van der Waals surface area contributed by atoms with Crippen LogP contribution in [0.5, 0.6) is 5.75 Å². The summed E-state index contributed by atoms with van der Waals surface area (Å²) in [4.78, 5) is 18.6. The average molecular weight is 289 g/mol. The molecule has 0 radical (unpaired) electrons. The quantitative estimate of drug-likeness (QED) is 0.711. The van der Waals surface area contributed by atoms with E-state index in [4.69, 9.17) is 9.47 Å². The molecule has 112 valence electrons. The Morgan fingerprint density at radius 2 is 2.10 bits per heavy atom. The molecule has 0 saturated carbocycles. The fourth-order valence-corrected chi connectivity index (χ4v) is 1.78. The minimum absolute atomic E-state index is 0.180. The van der Waals surface area contributed by atoms with Crippen molar-refractivity contribution in [1.82, 2.24) is 15.3 Å². The van der Waals surface area contributed by atoms with Crippen LogP contribution in [0.25, 0.3) is 0 Å². The van der Waals surface area contributed by atoms with Crippen LogP contribution < -0.4 is 15.6 Å². The second-order valence-electron chi connectivity index (χ2n) is 4.45. The number of para-hydroxylation sites is 1. The number of aromatic nitrogens is 2. The molecule has 0 atom stereocenters. The molecule has 0 spiro atoms. The van der Waals surface area contributed by atoms with Gasteiger partial charge in [0.15, 0.2) is 0 Å². The first-order valence-electron chi connectivity index (χ1n) is 6.74. The topological polar surface area (TPSA) is 76.2 Å². The van der Waals surface area contributed by atoms with Crippen LogP contribution in [-0.2, 0) is 17.9 Å². The zero-order valence-electron chi connectivity index (χ0n) is 12.0. The Morgan fingerprint density at radius 1 is 1.29 bits per heavy atom. The number of hydrogen-bond acceptors (Lipinski definition) is 5. The van der Waals surface area contributed by atoms with Crippen LogP contribution >= 0.6 is 0 Å². The highest BCUT2D eigenvalue weighted by Crippen LogP contribution is 2.09. The summed E-state index contributed by atoms with van der Waals surface area (Å²) in [6.45, 7) is 2.07. The number of aromatic amines is 1. The number of benzene rings is 1. The van der Waals surface area contributed by atoms with Crippen LogP contribution in [0.4, 0.5) is 0 Å². The number of hydrogen-bond donors (Lipinski definition) is 2. The minimum Gasteiger partial charge on any atom is -0.486 e. The Labute approximate surface area is 123 Å². The van der Waals surface area contributed by atoms with Gasteiger partial charge in [0.05, 0.1) is 12.3 Å². The van der Waals surface area contributed by atoms with Crippen LogP contribution in [0.2, 0.25) is 0 Å². The van der Waals surface area contributed by atoms with Crippen molar-refractivity contribution in [3.63, 3.8) is 0 Å². The van der Waals surface area contributed by atoms with E-state index in [9.17, 15) is 4.79 Å². The molecule has 0 aliphatic heterocycles. The lowest BCUT2D eigenvalue weighted by Gasteiger charge is -2.07. The summed E-state index contributed by atoms with van der Waals surface area (Å²) < 4.78 is 10.5. The van der Waals surface area contributed by atoms with Crippen molar-refractivity contribution in [3.05, 3.63) is 58.3 Å². The van der Waals surface area contributed by atoms with Crippen molar-refractivity contribution in [3.8, 4) is 5.75 Å². The van der Waals surface area contributed by atoms with Gasteiger partial charge in [0.1, 0.15) is 18.2 Å². The standard InChI is InChI=1S/C15H19N3O3/c1-20-8-7-16-10-12-9-15(19)18-14(17-12)11-21-13-5-3-2-4-6-13/h2-6,9,16H,7-8,10-11H2,1H3,(H,17,18,19).